The predicted molar refractivity (Wildman–Crippen MR) is 63.7 cm³/mol. The van der Waals surface area contributed by atoms with Crippen molar-refractivity contribution >= 4 is 30.0 Å². The zero-order chi connectivity index (χ0) is 9.97. The lowest BCUT2D eigenvalue weighted by Gasteiger charge is -2.15. The van der Waals surface area contributed by atoms with Gasteiger partial charge in [0.1, 0.15) is 0 Å². The second kappa shape index (κ2) is 5.49. The van der Waals surface area contributed by atoms with Gasteiger partial charge in [0.25, 0.3) is 0 Å². The molecule has 0 saturated carbocycles. The van der Waals surface area contributed by atoms with Crippen LogP contribution in [0.5, 0.6) is 0 Å². The highest BCUT2D eigenvalue weighted by molar-refractivity contribution is 6.30. The third-order valence-electron chi connectivity index (χ3n) is 2.51. The molecule has 6 heteroatoms. The van der Waals surface area contributed by atoms with Gasteiger partial charge in [-0.15, -0.1) is 12.4 Å². The van der Waals surface area contributed by atoms with Crippen molar-refractivity contribution in [1.29, 1.82) is 0 Å². The van der Waals surface area contributed by atoms with Gasteiger partial charge in [-0.25, -0.2) is 9.97 Å². The van der Waals surface area contributed by atoms with Crippen LogP contribution in [0.25, 0.3) is 0 Å². The molecule has 0 bridgehead atoms. The number of hydrogen-bond donors (Lipinski definition) is 1. The van der Waals surface area contributed by atoms with Crippen molar-refractivity contribution in [1.82, 2.24) is 9.97 Å². The Morgan fingerprint density at radius 1 is 1.47 bits per heavy atom. The summed E-state index contributed by atoms with van der Waals surface area (Å²) < 4.78 is 0. The highest BCUT2D eigenvalue weighted by atomic mass is 35.5. The molecule has 1 aliphatic heterocycles. The molecule has 15 heavy (non-hydrogen) atoms. The monoisotopic (exact) mass is 248 g/mol. The van der Waals surface area contributed by atoms with Crippen LogP contribution in [0.4, 0.5) is 5.95 Å². The van der Waals surface area contributed by atoms with Crippen LogP contribution in [0.15, 0.2) is 12.4 Å². The minimum Gasteiger partial charge on any atom is -0.340 e. The standard InChI is InChI=1S/C9H13ClN4.ClH/c10-8-4-12-9(13-5-8)14-2-1-7(3-11)6-14;/h4-5,7H,1-3,6,11H2;1H. The first-order valence-corrected chi connectivity index (χ1v) is 5.10. The summed E-state index contributed by atoms with van der Waals surface area (Å²) in [6.07, 6.45) is 4.38. The summed E-state index contributed by atoms with van der Waals surface area (Å²) in [5.41, 5.74) is 5.61. The van der Waals surface area contributed by atoms with Crippen LogP contribution < -0.4 is 10.6 Å². The van der Waals surface area contributed by atoms with E-state index in [0.29, 0.717) is 10.9 Å². The first-order chi connectivity index (χ1) is 6.79. The van der Waals surface area contributed by atoms with Gasteiger partial charge in [-0.3, -0.25) is 0 Å². The molecule has 0 radical (unpaired) electrons. The number of hydrogen-bond acceptors (Lipinski definition) is 4. The second-order valence-corrected chi connectivity index (χ2v) is 3.97. The van der Waals surface area contributed by atoms with Crippen LogP contribution in [-0.2, 0) is 0 Å². The molecule has 4 nitrogen and oxygen atoms in total. The van der Waals surface area contributed by atoms with Gasteiger partial charge in [-0.2, -0.15) is 0 Å². The van der Waals surface area contributed by atoms with E-state index in [1.165, 1.54) is 0 Å². The fourth-order valence-corrected chi connectivity index (χ4v) is 1.77. The van der Waals surface area contributed by atoms with Gasteiger partial charge >= 0.3 is 0 Å². The van der Waals surface area contributed by atoms with Crippen molar-refractivity contribution in [2.24, 2.45) is 11.7 Å². The molecule has 1 saturated heterocycles. The molecule has 2 rings (SSSR count). The number of nitrogens with two attached hydrogens (primary N) is 1. The van der Waals surface area contributed by atoms with Gasteiger partial charge in [-0.05, 0) is 18.9 Å². The Labute approximate surface area is 100 Å². The quantitative estimate of drug-likeness (QED) is 0.859. The molecule has 0 aliphatic carbocycles. The summed E-state index contributed by atoms with van der Waals surface area (Å²) in [6, 6.07) is 0. The Hall–Kier alpha value is -0.580. The van der Waals surface area contributed by atoms with Crippen molar-refractivity contribution in [3.8, 4) is 0 Å². The van der Waals surface area contributed by atoms with Crippen molar-refractivity contribution in [3.05, 3.63) is 17.4 Å². The maximum absolute atomic E-state index is 5.71. The van der Waals surface area contributed by atoms with Gasteiger partial charge < -0.3 is 10.6 Å². The first-order valence-electron chi connectivity index (χ1n) is 4.72. The lowest BCUT2D eigenvalue weighted by Crippen LogP contribution is -2.24. The van der Waals surface area contributed by atoms with Crippen LogP contribution in [0, 0.1) is 5.92 Å². The van der Waals surface area contributed by atoms with Crippen LogP contribution in [0.2, 0.25) is 5.02 Å². The summed E-state index contributed by atoms with van der Waals surface area (Å²) in [6.45, 7) is 2.69. The van der Waals surface area contributed by atoms with Gasteiger partial charge in [0.05, 0.1) is 17.4 Å². The molecule has 1 aliphatic rings. The van der Waals surface area contributed by atoms with Crippen LogP contribution in [0.3, 0.4) is 0 Å². The first kappa shape index (κ1) is 12.5. The molecule has 1 atom stereocenters. The molecular formula is C9H14Cl2N4. The molecule has 1 unspecified atom stereocenters. The molecule has 2 N–H and O–H groups in total. The van der Waals surface area contributed by atoms with E-state index in [4.69, 9.17) is 17.3 Å². The van der Waals surface area contributed by atoms with E-state index in [2.05, 4.69) is 14.9 Å². The van der Waals surface area contributed by atoms with Crippen LogP contribution in [-0.4, -0.2) is 29.6 Å². The molecule has 2 heterocycles. The minimum absolute atomic E-state index is 0. The predicted octanol–water partition coefficient (Wildman–Crippen LogP) is 1.34. The fraction of sp³-hybridized carbons (Fsp3) is 0.556. The largest absolute Gasteiger partial charge is 0.340 e. The zero-order valence-electron chi connectivity index (χ0n) is 8.27. The van der Waals surface area contributed by atoms with E-state index < -0.39 is 0 Å². The van der Waals surface area contributed by atoms with Crippen LogP contribution in [0.1, 0.15) is 6.42 Å². The molecule has 0 amide bonds. The summed E-state index contributed by atoms with van der Waals surface area (Å²) >= 11 is 5.71. The second-order valence-electron chi connectivity index (χ2n) is 3.54. The summed E-state index contributed by atoms with van der Waals surface area (Å²) in [5, 5.41) is 0.573. The Bertz CT molecular complexity index is 303. The zero-order valence-corrected chi connectivity index (χ0v) is 9.84. The molecule has 0 spiro atoms. The van der Waals surface area contributed by atoms with Gasteiger partial charge in [-0.1, -0.05) is 11.6 Å². The van der Waals surface area contributed by atoms with E-state index in [1.54, 1.807) is 12.4 Å². The lowest BCUT2D eigenvalue weighted by atomic mass is 10.1. The Kier molecular flexibility index (Phi) is 4.57. The third kappa shape index (κ3) is 2.93. The SMILES string of the molecule is Cl.NCC1CCN(c2ncc(Cl)cn2)C1. The third-order valence-corrected chi connectivity index (χ3v) is 2.70. The Balaban J connectivity index is 0.00000112. The maximum Gasteiger partial charge on any atom is 0.225 e. The van der Waals surface area contributed by atoms with E-state index >= 15 is 0 Å². The summed E-state index contributed by atoms with van der Waals surface area (Å²) in [7, 11) is 0. The number of rotatable bonds is 2. The lowest BCUT2D eigenvalue weighted by molar-refractivity contribution is 0.602. The Morgan fingerprint density at radius 3 is 2.67 bits per heavy atom. The highest BCUT2D eigenvalue weighted by Gasteiger charge is 2.22. The highest BCUT2D eigenvalue weighted by Crippen LogP contribution is 2.19. The number of anilines is 1. The van der Waals surface area contributed by atoms with Gasteiger partial charge in [0.2, 0.25) is 5.95 Å². The molecular weight excluding hydrogens is 235 g/mol. The number of aromatic nitrogens is 2. The topological polar surface area (TPSA) is 55.0 Å². The molecule has 1 fully saturated rings. The normalized spacial score (nSPS) is 20.1. The van der Waals surface area contributed by atoms with Crippen molar-refractivity contribution < 1.29 is 0 Å². The molecule has 0 aromatic carbocycles. The fourth-order valence-electron chi connectivity index (χ4n) is 1.68. The molecule has 1 aromatic heterocycles. The Morgan fingerprint density at radius 2 is 2.13 bits per heavy atom. The van der Waals surface area contributed by atoms with Gasteiger partial charge in [0, 0.05) is 13.1 Å². The van der Waals surface area contributed by atoms with E-state index in [-0.39, 0.29) is 12.4 Å². The minimum atomic E-state index is 0. The molecule has 1 aromatic rings. The maximum atomic E-state index is 5.71. The van der Waals surface area contributed by atoms with Crippen molar-refractivity contribution in [3.63, 3.8) is 0 Å². The number of halogens is 2. The van der Waals surface area contributed by atoms with Crippen LogP contribution >= 0.6 is 24.0 Å². The van der Waals surface area contributed by atoms with Gasteiger partial charge in [0.15, 0.2) is 0 Å². The number of nitrogens with zero attached hydrogens (tertiary/aromatic N) is 3. The van der Waals surface area contributed by atoms with E-state index in [9.17, 15) is 0 Å². The van der Waals surface area contributed by atoms with E-state index in [1.807, 2.05) is 0 Å². The average molecular weight is 249 g/mol. The van der Waals surface area contributed by atoms with Crippen molar-refractivity contribution in [2.45, 2.75) is 6.42 Å². The van der Waals surface area contributed by atoms with Crippen molar-refractivity contribution in [2.75, 3.05) is 24.5 Å². The molecule has 84 valence electrons. The average Bonchev–Trinajstić information content (AvgIpc) is 2.67. The smallest absolute Gasteiger partial charge is 0.225 e. The summed E-state index contributed by atoms with van der Waals surface area (Å²) in [5.74, 6) is 1.33. The van der Waals surface area contributed by atoms with E-state index in [0.717, 1.165) is 32.0 Å². The summed E-state index contributed by atoms with van der Waals surface area (Å²) in [4.78, 5) is 10.5.